The number of para-hydroxylation sites is 4. The molecule has 0 spiro atoms. The number of rotatable bonds is 8. The first kappa shape index (κ1) is 34.9. The molecule has 4 aromatic rings. The second-order valence-electron chi connectivity index (χ2n) is 9.13. The van der Waals surface area contributed by atoms with E-state index < -0.39 is 0 Å². The Balaban J connectivity index is 0.000000280. The number of hydrogen-bond acceptors (Lipinski definition) is 4. The minimum Gasteiger partial charge on any atom is -0.411 e. The number of aryl methyl sites for hydroxylation is 4. The fourth-order valence-corrected chi connectivity index (χ4v) is 5.55. The Hall–Kier alpha value is -2.28. The summed E-state index contributed by atoms with van der Waals surface area (Å²) in [4.78, 5) is 4.03. The molecule has 0 fully saturated rings. The van der Waals surface area contributed by atoms with Gasteiger partial charge in [0.2, 0.25) is 0 Å². The van der Waals surface area contributed by atoms with Crippen molar-refractivity contribution in [2.24, 2.45) is 0 Å². The van der Waals surface area contributed by atoms with Crippen molar-refractivity contribution in [1.82, 2.24) is 0 Å². The number of thiocarbonyl (C=S) groups is 2. The predicted molar refractivity (Wildman–Crippen MR) is 187 cm³/mol. The first-order valence-corrected chi connectivity index (χ1v) is 15.3. The maximum absolute atomic E-state index is 5.34. The Kier molecular flexibility index (Phi) is 15.0. The molecule has 0 radical (unpaired) electrons. The minimum atomic E-state index is 0. The molecule has 41 heavy (non-hydrogen) atoms. The molecule has 0 atom stereocenters. The molecular formula is C34H36N2S4Zn. The van der Waals surface area contributed by atoms with Crippen molar-refractivity contribution in [3.63, 3.8) is 0 Å². The van der Waals surface area contributed by atoms with Gasteiger partial charge in [-0.2, -0.15) is 0 Å². The monoisotopic (exact) mass is 664 g/mol. The Morgan fingerprint density at radius 1 is 0.463 bits per heavy atom. The zero-order valence-corrected chi connectivity index (χ0v) is 30.5. The summed E-state index contributed by atoms with van der Waals surface area (Å²) >= 11 is 21.3. The Bertz CT molecular complexity index is 1240. The first-order valence-electron chi connectivity index (χ1n) is 13.7. The van der Waals surface area contributed by atoms with Crippen LogP contribution < -0.4 is 9.80 Å². The standard InChI is InChI=1S/2C17H19NS2.Zn/c2*1-3-13-9-5-7-11-15(13)18(17(19)20)16-12-8-6-10-14(16)4-2;/h2*5-12H,3-4H2,1-2H3,(H,19,20);/q;;+2/p-2. The quantitative estimate of drug-likeness (QED) is 0.104. The van der Waals surface area contributed by atoms with Gasteiger partial charge >= 0.3 is 19.5 Å². The SMILES string of the molecule is CCc1ccccc1N(C(=S)[S-])c1ccccc1CC.CCc1ccccc1N(C(=S)[S-])c1ccccc1CC.[Zn+2]. The minimum absolute atomic E-state index is 0. The van der Waals surface area contributed by atoms with Crippen LogP contribution in [-0.2, 0) is 70.4 Å². The van der Waals surface area contributed by atoms with Gasteiger partial charge in [0.05, 0.1) is 0 Å². The molecule has 0 bridgehead atoms. The van der Waals surface area contributed by atoms with E-state index in [1.807, 2.05) is 34.1 Å². The van der Waals surface area contributed by atoms with Crippen molar-refractivity contribution >= 4 is 81.1 Å². The van der Waals surface area contributed by atoms with E-state index in [4.69, 9.17) is 49.7 Å². The Labute approximate surface area is 281 Å². The van der Waals surface area contributed by atoms with Gasteiger partial charge in [0.15, 0.2) is 0 Å². The Morgan fingerprint density at radius 3 is 0.829 bits per heavy atom. The van der Waals surface area contributed by atoms with Gasteiger partial charge in [0.1, 0.15) is 0 Å². The van der Waals surface area contributed by atoms with Crippen LogP contribution in [0.3, 0.4) is 0 Å². The van der Waals surface area contributed by atoms with E-state index in [9.17, 15) is 0 Å². The van der Waals surface area contributed by atoms with Crippen molar-refractivity contribution < 1.29 is 19.5 Å². The molecule has 4 rings (SSSR count). The first-order chi connectivity index (χ1) is 19.4. The molecule has 4 aromatic carbocycles. The van der Waals surface area contributed by atoms with Crippen molar-refractivity contribution in [2.75, 3.05) is 9.80 Å². The molecule has 0 amide bonds. The number of nitrogens with zero attached hydrogens (tertiary/aromatic N) is 2. The van der Waals surface area contributed by atoms with Crippen molar-refractivity contribution in [2.45, 2.75) is 53.4 Å². The van der Waals surface area contributed by atoms with E-state index >= 15 is 0 Å². The fourth-order valence-electron chi connectivity index (χ4n) is 4.76. The predicted octanol–water partition coefficient (Wildman–Crippen LogP) is 9.56. The van der Waals surface area contributed by atoms with Gasteiger partial charge in [-0.25, -0.2) is 0 Å². The molecule has 0 unspecified atom stereocenters. The molecule has 0 heterocycles. The summed E-state index contributed by atoms with van der Waals surface area (Å²) in [7, 11) is 0. The van der Waals surface area contributed by atoms with Gasteiger partial charge in [-0.3, -0.25) is 0 Å². The third-order valence-corrected chi connectivity index (χ3v) is 7.55. The maximum Gasteiger partial charge on any atom is 2.00 e. The molecule has 0 N–H and O–H groups in total. The van der Waals surface area contributed by atoms with Crippen LogP contribution in [0.1, 0.15) is 49.9 Å². The van der Waals surface area contributed by atoms with E-state index in [2.05, 4.69) is 100 Å². The number of anilines is 4. The van der Waals surface area contributed by atoms with Gasteiger partial charge in [-0.1, -0.05) is 109 Å². The van der Waals surface area contributed by atoms with Crippen LogP contribution in [0.25, 0.3) is 0 Å². The molecule has 0 aliphatic heterocycles. The molecular weight excluding hydrogens is 630 g/mol. The van der Waals surface area contributed by atoms with Gasteiger partial charge < -0.3 is 59.5 Å². The second-order valence-corrected chi connectivity index (χ2v) is 11.2. The van der Waals surface area contributed by atoms with Crippen molar-refractivity contribution in [3.8, 4) is 0 Å². The van der Waals surface area contributed by atoms with Gasteiger partial charge in [0.25, 0.3) is 0 Å². The zero-order valence-electron chi connectivity index (χ0n) is 24.3. The molecule has 2 nitrogen and oxygen atoms in total. The van der Waals surface area contributed by atoms with Crippen LogP contribution in [0.5, 0.6) is 0 Å². The summed E-state index contributed by atoms with van der Waals surface area (Å²) in [6, 6.07) is 33.2. The van der Waals surface area contributed by atoms with Crippen LogP contribution >= 0.6 is 24.4 Å². The van der Waals surface area contributed by atoms with Crippen molar-refractivity contribution in [1.29, 1.82) is 0 Å². The van der Waals surface area contributed by atoms with Crippen LogP contribution in [0.4, 0.5) is 22.7 Å². The topological polar surface area (TPSA) is 6.48 Å². The number of benzene rings is 4. The average molecular weight is 666 g/mol. The molecule has 0 saturated heterocycles. The van der Waals surface area contributed by atoms with Crippen LogP contribution in [0.2, 0.25) is 0 Å². The molecule has 0 aliphatic carbocycles. The summed E-state index contributed by atoms with van der Waals surface area (Å²) in [5, 5.41) is 0. The molecule has 0 saturated carbocycles. The maximum atomic E-state index is 5.34. The fraction of sp³-hybridized carbons (Fsp3) is 0.235. The zero-order chi connectivity index (χ0) is 29.1. The Morgan fingerprint density at radius 2 is 0.659 bits per heavy atom. The molecule has 0 aliphatic rings. The van der Waals surface area contributed by atoms with Crippen LogP contribution in [-0.4, -0.2) is 8.64 Å². The van der Waals surface area contributed by atoms with Gasteiger partial charge in [-0.05, 0) is 72.2 Å². The van der Waals surface area contributed by atoms with Crippen LogP contribution in [0, 0.1) is 0 Å². The van der Waals surface area contributed by atoms with E-state index in [0.29, 0.717) is 8.64 Å². The van der Waals surface area contributed by atoms with E-state index in [1.54, 1.807) is 0 Å². The summed E-state index contributed by atoms with van der Waals surface area (Å²) in [6.07, 6.45) is 3.83. The molecule has 208 valence electrons. The summed E-state index contributed by atoms with van der Waals surface area (Å²) in [6.45, 7) is 8.59. The third kappa shape index (κ3) is 8.86. The molecule has 7 heteroatoms. The summed E-state index contributed by atoms with van der Waals surface area (Å²) in [5.74, 6) is 0. The van der Waals surface area contributed by atoms with E-state index in [1.165, 1.54) is 22.3 Å². The van der Waals surface area contributed by atoms with E-state index in [0.717, 1.165) is 48.4 Å². The number of hydrogen-bond donors (Lipinski definition) is 0. The smallest absolute Gasteiger partial charge is 0.411 e. The van der Waals surface area contributed by atoms with E-state index in [-0.39, 0.29) is 19.5 Å². The van der Waals surface area contributed by atoms with Gasteiger partial charge in [-0.15, -0.1) is 0 Å². The summed E-state index contributed by atoms with van der Waals surface area (Å²) < 4.78 is 0.929. The van der Waals surface area contributed by atoms with Crippen molar-refractivity contribution in [3.05, 3.63) is 119 Å². The normalized spacial score (nSPS) is 10.0. The van der Waals surface area contributed by atoms with Gasteiger partial charge in [0, 0.05) is 22.7 Å². The average Bonchev–Trinajstić information content (AvgIpc) is 2.98. The largest absolute Gasteiger partial charge is 2.00 e. The third-order valence-electron chi connectivity index (χ3n) is 6.82. The molecule has 0 aromatic heterocycles. The second kappa shape index (κ2) is 17.6. The van der Waals surface area contributed by atoms with Crippen LogP contribution in [0.15, 0.2) is 97.1 Å². The summed E-state index contributed by atoms with van der Waals surface area (Å²) in [5.41, 5.74) is 9.39.